The van der Waals surface area contributed by atoms with Crippen LogP contribution in [0.15, 0.2) is 72.3 Å². The molecular formula is C26H22ClN3O4. The third-order valence-corrected chi connectivity index (χ3v) is 4.89. The lowest BCUT2D eigenvalue weighted by atomic mass is 10.1. The van der Waals surface area contributed by atoms with Gasteiger partial charge in [0, 0.05) is 11.4 Å². The number of ether oxygens (including phenoxy) is 2. The number of carbonyl (C=O) groups is 2. The van der Waals surface area contributed by atoms with E-state index in [1.54, 1.807) is 36.4 Å². The van der Waals surface area contributed by atoms with E-state index in [1.807, 2.05) is 37.3 Å². The van der Waals surface area contributed by atoms with E-state index in [2.05, 4.69) is 10.6 Å². The molecule has 3 aromatic rings. The fourth-order valence-corrected chi connectivity index (χ4v) is 3.33. The van der Waals surface area contributed by atoms with Gasteiger partial charge in [0.2, 0.25) is 0 Å². The third-order valence-electron chi connectivity index (χ3n) is 4.61. The largest absolute Gasteiger partial charge is 0.493 e. The van der Waals surface area contributed by atoms with Crippen LogP contribution in [0.1, 0.15) is 11.1 Å². The van der Waals surface area contributed by atoms with Gasteiger partial charge in [0.1, 0.15) is 11.6 Å². The minimum Gasteiger partial charge on any atom is -0.493 e. The van der Waals surface area contributed by atoms with Crippen molar-refractivity contribution < 1.29 is 19.1 Å². The number of aryl methyl sites for hydroxylation is 1. The molecular weight excluding hydrogens is 454 g/mol. The van der Waals surface area contributed by atoms with E-state index in [-0.39, 0.29) is 34.6 Å². The molecule has 0 saturated heterocycles. The second-order valence-corrected chi connectivity index (χ2v) is 7.64. The number of hydrogen-bond acceptors (Lipinski definition) is 5. The maximum absolute atomic E-state index is 12.5. The molecule has 8 heteroatoms. The predicted molar refractivity (Wildman–Crippen MR) is 132 cm³/mol. The van der Waals surface area contributed by atoms with E-state index >= 15 is 0 Å². The molecule has 0 spiro atoms. The number of carbonyl (C=O) groups excluding carboxylic acids is 2. The maximum Gasteiger partial charge on any atom is 0.266 e. The number of nitrogens with one attached hydrogen (secondary N) is 2. The van der Waals surface area contributed by atoms with Crippen molar-refractivity contribution in [3.63, 3.8) is 0 Å². The van der Waals surface area contributed by atoms with Crippen molar-refractivity contribution in [1.82, 2.24) is 0 Å². The average molecular weight is 476 g/mol. The van der Waals surface area contributed by atoms with E-state index < -0.39 is 5.91 Å². The minimum atomic E-state index is -0.558. The van der Waals surface area contributed by atoms with Crippen LogP contribution in [-0.2, 0) is 9.59 Å². The van der Waals surface area contributed by atoms with E-state index in [0.29, 0.717) is 16.9 Å². The summed E-state index contributed by atoms with van der Waals surface area (Å²) < 4.78 is 11.0. The molecule has 172 valence electrons. The van der Waals surface area contributed by atoms with Crippen LogP contribution in [0.2, 0.25) is 5.02 Å². The van der Waals surface area contributed by atoms with Crippen molar-refractivity contribution >= 4 is 40.9 Å². The Morgan fingerprint density at radius 1 is 1.03 bits per heavy atom. The number of amides is 2. The number of methoxy groups -OCH3 is 1. The lowest BCUT2D eigenvalue weighted by Gasteiger charge is -2.14. The molecule has 2 N–H and O–H groups in total. The molecule has 0 radical (unpaired) electrons. The number of hydrogen-bond donors (Lipinski definition) is 2. The van der Waals surface area contributed by atoms with Crippen molar-refractivity contribution in [1.29, 1.82) is 5.26 Å². The highest BCUT2D eigenvalue weighted by molar-refractivity contribution is 6.32. The van der Waals surface area contributed by atoms with E-state index in [1.165, 1.54) is 19.3 Å². The Balaban J connectivity index is 1.73. The van der Waals surface area contributed by atoms with E-state index in [9.17, 15) is 14.9 Å². The summed E-state index contributed by atoms with van der Waals surface area (Å²) in [6.45, 7) is 1.64. The lowest BCUT2D eigenvalue weighted by Crippen LogP contribution is -2.20. The van der Waals surface area contributed by atoms with Gasteiger partial charge in [-0.05, 0) is 60.5 Å². The van der Waals surface area contributed by atoms with Gasteiger partial charge in [-0.2, -0.15) is 5.26 Å². The minimum absolute atomic E-state index is 0.117. The van der Waals surface area contributed by atoms with Crippen molar-refractivity contribution in [2.45, 2.75) is 6.92 Å². The Morgan fingerprint density at radius 3 is 2.44 bits per heavy atom. The molecule has 7 nitrogen and oxygen atoms in total. The first-order chi connectivity index (χ1) is 16.4. The fraction of sp³-hybridized carbons (Fsp3) is 0.115. The Labute approximate surface area is 202 Å². The summed E-state index contributed by atoms with van der Waals surface area (Å²) in [5.74, 6) is -0.496. The van der Waals surface area contributed by atoms with Crippen LogP contribution < -0.4 is 20.1 Å². The highest BCUT2D eigenvalue weighted by atomic mass is 35.5. The van der Waals surface area contributed by atoms with Gasteiger partial charge in [0.05, 0.1) is 12.1 Å². The number of anilines is 2. The van der Waals surface area contributed by atoms with Crippen LogP contribution in [0.25, 0.3) is 6.08 Å². The molecule has 0 aromatic heterocycles. The second-order valence-electron chi connectivity index (χ2n) is 7.23. The van der Waals surface area contributed by atoms with Gasteiger partial charge in [-0.15, -0.1) is 0 Å². The molecule has 0 atom stereocenters. The molecule has 0 aliphatic heterocycles. The van der Waals surface area contributed by atoms with Crippen LogP contribution in [0.5, 0.6) is 11.5 Å². The molecule has 0 fully saturated rings. The first-order valence-corrected chi connectivity index (χ1v) is 10.6. The standard InChI is InChI=1S/C26H22ClN3O4/c1-17-7-6-10-21(11-17)29-24(31)16-34-25-22(27)13-18(14-23(25)33-2)12-19(15-28)26(32)30-20-8-4-3-5-9-20/h3-14H,16H2,1-2H3,(H,29,31)(H,30,32)/b19-12+. The van der Waals surface area contributed by atoms with E-state index in [4.69, 9.17) is 21.1 Å². The number of halogens is 1. The van der Waals surface area contributed by atoms with Crippen molar-refractivity contribution in [2.75, 3.05) is 24.4 Å². The van der Waals surface area contributed by atoms with Crippen LogP contribution >= 0.6 is 11.6 Å². The topological polar surface area (TPSA) is 100 Å². The lowest BCUT2D eigenvalue weighted by molar-refractivity contribution is -0.118. The van der Waals surface area contributed by atoms with Gasteiger partial charge in [-0.1, -0.05) is 41.9 Å². The monoisotopic (exact) mass is 475 g/mol. The zero-order chi connectivity index (χ0) is 24.5. The Bertz CT molecular complexity index is 1270. The molecule has 0 aliphatic carbocycles. The molecule has 34 heavy (non-hydrogen) atoms. The highest BCUT2D eigenvalue weighted by Crippen LogP contribution is 2.37. The molecule has 0 heterocycles. The third kappa shape index (κ3) is 6.61. The maximum atomic E-state index is 12.5. The Kier molecular flexibility index (Phi) is 8.27. The Hall–Kier alpha value is -4.28. The number of para-hydroxylation sites is 1. The van der Waals surface area contributed by atoms with Crippen LogP contribution in [0.4, 0.5) is 11.4 Å². The molecule has 0 saturated carbocycles. The predicted octanol–water partition coefficient (Wildman–Crippen LogP) is 5.22. The summed E-state index contributed by atoms with van der Waals surface area (Å²) in [6.07, 6.45) is 1.39. The van der Waals surface area contributed by atoms with Crippen molar-refractivity contribution in [2.24, 2.45) is 0 Å². The van der Waals surface area contributed by atoms with Gasteiger partial charge < -0.3 is 20.1 Å². The number of nitriles is 1. The van der Waals surface area contributed by atoms with Crippen molar-refractivity contribution in [3.05, 3.63) is 88.5 Å². The van der Waals surface area contributed by atoms with Gasteiger partial charge in [-0.25, -0.2) is 0 Å². The summed E-state index contributed by atoms with van der Waals surface area (Å²) in [4.78, 5) is 24.7. The Morgan fingerprint density at radius 2 is 1.76 bits per heavy atom. The van der Waals surface area contributed by atoms with Crippen molar-refractivity contribution in [3.8, 4) is 17.6 Å². The van der Waals surface area contributed by atoms with Gasteiger partial charge in [-0.3, -0.25) is 9.59 Å². The molecule has 0 unspecified atom stereocenters. The molecule has 3 rings (SSSR count). The van der Waals surface area contributed by atoms with Crippen LogP contribution in [0.3, 0.4) is 0 Å². The normalized spacial score (nSPS) is 10.7. The summed E-state index contributed by atoms with van der Waals surface area (Å²) in [6, 6.07) is 21.2. The van der Waals surface area contributed by atoms with E-state index in [0.717, 1.165) is 5.56 Å². The van der Waals surface area contributed by atoms with Crippen LogP contribution in [0, 0.1) is 18.3 Å². The summed E-state index contributed by atoms with van der Waals surface area (Å²) in [5.41, 5.74) is 2.58. The smallest absolute Gasteiger partial charge is 0.266 e. The first-order valence-electron chi connectivity index (χ1n) is 10.2. The zero-order valence-corrected chi connectivity index (χ0v) is 19.3. The van der Waals surface area contributed by atoms with Gasteiger partial charge in [0.15, 0.2) is 18.1 Å². The number of rotatable bonds is 8. The summed E-state index contributed by atoms with van der Waals surface area (Å²) >= 11 is 6.36. The van der Waals surface area contributed by atoms with Gasteiger partial charge >= 0.3 is 0 Å². The van der Waals surface area contributed by atoms with Gasteiger partial charge in [0.25, 0.3) is 11.8 Å². The first kappa shape index (κ1) is 24.4. The van der Waals surface area contributed by atoms with Crippen LogP contribution in [-0.4, -0.2) is 25.5 Å². The quantitative estimate of drug-likeness (QED) is 0.343. The highest BCUT2D eigenvalue weighted by Gasteiger charge is 2.15. The number of benzene rings is 3. The second kappa shape index (κ2) is 11.5. The SMILES string of the molecule is COc1cc(/C=C(\C#N)C(=O)Nc2ccccc2)cc(Cl)c1OCC(=O)Nc1cccc(C)c1. The summed E-state index contributed by atoms with van der Waals surface area (Å²) in [7, 11) is 1.42. The molecule has 3 aromatic carbocycles. The molecule has 0 bridgehead atoms. The zero-order valence-electron chi connectivity index (χ0n) is 18.6. The number of nitrogens with zero attached hydrogens (tertiary/aromatic N) is 1. The average Bonchev–Trinajstić information content (AvgIpc) is 2.82. The molecule has 0 aliphatic rings. The molecule has 2 amide bonds. The fourth-order valence-electron chi connectivity index (χ4n) is 3.06. The summed E-state index contributed by atoms with van der Waals surface area (Å²) in [5, 5.41) is 15.0.